The molecule has 0 unspecified atom stereocenters. The van der Waals surface area contributed by atoms with Gasteiger partial charge in [-0.1, -0.05) is 6.08 Å². The van der Waals surface area contributed by atoms with Gasteiger partial charge in [0.2, 0.25) is 11.8 Å². The van der Waals surface area contributed by atoms with Crippen LogP contribution in [-0.2, 0) is 19.1 Å². The quantitative estimate of drug-likeness (QED) is 0.630. The molecule has 0 bridgehead atoms. The van der Waals surface area contributed by atoms with Crippen molar-refractivity contribution in [1.29, 1.82) is 0 Å². The molecule has 7 nitrogen and oxygen atoms in total. The zero-order valence-corrected chi connectivity index (χ0v) is 11.3. The van der Waals surface area contributed by atoms with E-state index in [0.29, 0.717) is 26.3 Å². The number of carboxylic acid groups (broad SMARTS) is 1. The molecule has 0 aromatic carbocycles. The summed E-state index contributed by atoms with van der Waals surface area (Å²) in [6, 6.07) is -0.988. The molecule has 0 aromatic rings. The van der Waals surface area contributed by atoms with Gasteiger partial charge in [0, 0.05) is 25.9 Å². The van der Waals surface area contributed by atoms with Gasteiger partial charge >= 0.3 is 5.97 Å². The molecule has 20 heavy (non-hydrogen) atoms. The molecular weight excluding hydrogens is 264 g/mol. The number of aliphatic carboxylic acids is 1. The lowest BCUT2D eigenvalue weighted by molar-refractivity contribution is -0.142. The maximum Gasteiger partial charge on any atom is 0.326 e. The lowest BCUT2D eigenvalue weighted by Gasteiger charge is -2.26. The predicted molar refractivity (Wildman–Crippen MR) is 71.0 cm³/mol. The first kappa shape index (κ1) is 16.2. The van der Waals surface area contributed by atoms with Crippen LogP contribution in [-0.4, -0.2) is 60.1 Å². The second-order valence-corrected chi connectivity index (χ2v) is 4.48. The lowest BCUT2D eigenvalue weighted by atomic mass is 10.2. The van der Waals surface area contributed by atoms with Crippen LogP contribution in [0.15, 0.2) is 12.7 Å². The van der Waals surface area contributed by atoms with E-state index in [1.165, 1.54) is 6.08 Å². The van der Waals surface area contributed by atoms with E-state index in [9.17, 15) is 14.4 Å². The number of nitrogens with one attached hydrogen (secondary N) is 1. The van der Waals surface area contributed by atoms with Crippen molar-refractivity contribution >= 4 is 17.8 Å². The summed E-state index contributed by atoms with van der Waals surface area (Å²) in [6.07, 6.45) is 1.64. The molecule has 0 saturated carbocycles. The van der Waals surface area contributed by atoms with Crippen LogP contribution >= 0.6 is 0 Å². The fourth-order valence-corrected chi connectivity index (χ4v) is 1.85. The van der Waals surface area contributed by atoms with E-state index in [1.807, 2.05) is 0 Å². The predicted octanol–water partition coefficient (Wildman–Crippen LogP) is -0.229. The molecule has 2 amide bonds. The Kier molecular flexibility index (Phi) is 6.72. The summed E-state index contributed by atoms with van der Waals surface area (Å²) in [7, 11) is 0. The summed E-state index contributed by atoms with van der Waals surface area (Å²) in [5.74, 6) is -1.67. The molecule has 7 heteroatoms. The van der Waals surface area contributed by atoms with E-state index < -0.39 is 17.9 Å². The summed E-state index contributed by atoms with van der Waals surface area (Å²) in [5.41, 5.74) is 0. The third-order valence-corrected chi connectivity index (χ3v) is 2.97. The minimum atomic E-state index is -1.11. The molecule has 1 saturated heterocycles. The van der Waals surface area contributed by atoms with Crippen molar-refractivity contribution in [2.24, 2.45) is 0 Å². The smallest absolute Gasteiger partial charge is 0.326 e. The molecule has 1 fully saturated rings. The second kappa shape index (κ2) is 8.31. The van der Waals surface area contributed by atoms with Crippen LogP contribution in [0.3, 0.4) is 0 Å². The normalized spacial score (nSPS) is 16.3. The molecule has 1 atom stereocenters. The SMILES string of the molecule is C=CC[C@H](NC(=O)CCC(=O)N1CCOCC1)C(=O)O. The Bertz CT molecular complexity index is 377. The molecule has 0 aliphatic carbocycles. The topological polar surface area (TPSA) is 95.9 Å². The number of rotatable bonds is 7. The van der Waals surface area contributed by atoms with Crippen molar-refractivity contribution in [1.82, 2.24) is 10.2 Å². The number of ether oxygens (including phenoxy) is 1. The highest BCUT2D eigenvalue weighted by Gasteiger charge is 2.20. The Balaban J connectivity index is 2.32. The van der Waals surface area contributed by atoms with E-state index >= 15 is 0 Å². The number of nitrogens with zero attached hydrogens (tertiary/aromatic N) is 1. The first-order chi connectivity index (χ1) is 9.54. The first-order valence-electron chi connectivity index (χ1n) is 6.53. The van der Waals surface area contributed by atoms with Crippen LogP contribution < -0.4 is 5.32 Å². The van der Waals surface area contributed by atoms with Crippen LogP contribution in [0.25, 0.3) is 0 Å². The maximum absolute atomic E-state index is 11.8. The molecule has 1 heterocycles. The largest absolute Gasteiger partial charge is 0.480 e. The molecule has 1 aliphatic heterocycles. The van der Waals surface area contributed by atoms with Crippen molar-refractivity contribution in [2.75, 3.05) is 26.3 Å². The number of carbonyl (C=O) groups excluding carboxylic acids is 2. The van der Waals surface area contributed by atoms with Crippen molar-refractivity contribution in [3.05, 3.63) is 12.7 Å². The number of morpholine rings is 1. The number of carbonyl (C=O) groups is 3. The molecule has 1 aliphatic rings. The van der Waals surface area contributed by atoms with Gasteiger partial charge in [-0.3, -0.25) is 9.59 Å². The average molecular weight is 284 g/mol. The van der Waals surface area contributed by atoms with Crippen LogP contribution in [0.2, 0.25) is 0 Å². The molecule has 1 rings (SSSR count). The molecule has 0 radical (unpaired) electrons. The summed E-state index contributed by atoms with van der Waals surface area (Å²) >= 11 is 0. The second-order valence-electron chi connectivity index (χ2n) is 4.48. The van der Waals surface area contributed by atoms with Crippen molar-refractivity contribution < 1.29 is 24.2 Å². The zero-order valence-electron chi connectivity index (χ0n) is 11.3. The van der Waals surface area contributed by atoms with Crippen LogP contribution in [0.1, 0.15) is 19.3 Å². The third kappa shape index (κ3) is 5.40. The Morgan fingerprint density at radius 1 is 1.30 bits per heavy atom. The summed E-state index contributed by atoms with van der Waals surface area (Å²) in [5, 5.41) is 11.3. The van der Waals surface area contributed by atoms with E-state index in [0.717, 1.165) is 0 Å². The molecule has 0 aromatic heterocycles. The molecular formula is C13H20N2O5. The van der Waals surface area contributed by atoms with Gasteiger partial charge in [0.1, 0.15) is 6.04 Å². The monoisotopic (exact) mass is 284 g/mol. The van der Waals surface area contributed by atoms with Gasteiger partial charge in [-0.05, 0) is 6.42 Å². The fourth-order valence-electron chi connectivity index (χ4n) is 1.85. The highest BCUT2D eigenvalue weighted by molar-refractivity contribution is 5.87. The number of hydrogen-bond acceptors (Lipinski definition) is 4. The van der Waals surface area contributed by atoms with Gasteiger partial charge in [0.05, 0.1) is 13.2 Å². The first-order valence-corrected chi connectivity index (χ1v) is 6.53. The maximum atomic E-state index is 11.8. The van der Waals surface area contributed by atoms with Crippen molar-refractivity contribution in [3.63, 3.8) is 0 Å². The van der Waals surface area contributed by atoms with Crippen molar-refractivity contribution in [3.8, 4) is 0 Å². The summed E-state index contributed by atoms with van der Waals surface area (Å²) in [4.78, 5) is 35.9. The van der Waals surface area contributed by atoms with Crippen LogP contribution in [0.5, 0.6) is 0 Å². The van der Waals surface area contributed by atoms with E-state index in [4.69, 9.17) is 9.84 Å². The molecule has 0 spiro atoms. The number of amides is 2. The van der Waals surface area contributed by atoms with Crippen molar-refractivity contribution in [2.45, 2.75) is 25.3 Å². The Hall–Kier alpha value is -1.89. The van der Waals surface area contributed by atoms with Gasteiger partial charge < -0.3 is 20.1 Å². The minimum Gasteiger partial charge on any atom is -0.480 e. The molecule has 2 N–H and O–H groups in total. The number of hydrogen-bond donors (Lipinski definition) is 2. The Morgan fingerprint density at radius 3 is 2.50 bits per heavy atom. The Labute approximate surface area is 117 Å². The number of carboxylic acids is 1. The fraction of sp³-hybridized carbons (Fsp3) is 0.615. The van der Waals surface area contributed by atoms with Gasteiger partial charge in [-0.15, -0.1) is 6.58 Å². The standard InChI is InChI=1S/C13H20N2O5/c1-2-3-10(13(18)19)14-11(16)4-5-12(17)15-6-8-20-9-7-15/h2,10H,1,3-9H2,(H,14,16)(H,18,19)/t10-/m0/s1. The Morgan fingerprint density at radius 2 is 1.95 bits per heavy atom. The van der Waals surface area contributed by atoms with Gasteiger partial charge in [0.15, 0.2) is 0 Å². The minimum absolute atomic E-state index is 0.0168. The summed E-state index contributed by atoms with van der Waals surface area (Å²) in [6.45, 7) is 5.54. The highest BCUT2D eigenvalue weighted by atomic mass is 16.5. The van der Waals surface area contributed by atoms with E-state index in [2.05, 4.69) is 11.9 Å². The van der Waals surface area contributed by atoms with E-state index in [-0.39, 0.29) is 25.2 Å². The third-order valence-electron chi connectivity index (χ3n) is 2.97. The zero-order chi connectivity index (χ0) is 15.0. The average Bonchev–Trinajstić information content (AvgIpc) is 2.45. The molecule has 112 valence electrons. The summed E-state index contributed by atoms with van der Waals surface area (Å²) < 4.78 is 5.13. The van der Waals surface area contributed by atoms with Gasteiger partial charge in [0.25, 0.3) is 0 Å². The van der Waals surface area contributed by atoms with E-state index in [1.54, 1.807) is 4.90 Å². The van der Waals surface area contributed by atoms with Gasteiger partial charge in [-0.25, -0.2) is 4.79 Å². The lowest BCUT2D eigenvalue weighted by Crippen LogP contribution is -2.42. The highest BCUT2D eigenvalue weighted by Crippen LogP contribution is 2.03. The van der Waals surface area contributed by atoms with Crippen LogP contribution in [0.4, 0.5) is 0 Å². The van der Waals surface area contributed by atoms with Crippen LogP contribution in [0, 0.1) is 0 Å². The van der Waals surface area contributed by atoms with Gasteiger partial charge in [-0.2, -0.15) is 0 Å².